The molecule has 2 aromatic rings. The average Bonchev–Trinajstić information content (AvgIpc) is 2.89. The predicted molar refractivity (Wildman–Crippen MR) is 140 cm³/mol. The zero-order valence-corrected chi connectivity index (χ0v) is 22.3. The number of hydrogen-bond acceptors (Lipinski definition) is 7. The maximum absolute atomic E-state index is 12.2. The largest absolute Gasteiger partial charge is 0.496 e. The molecule has 0 aliphatic heterocycles. The van der Waals surface area contributed by atoms with Gasteiger partial charge in [-0.3, -0.25) is 0 Å². The van der Waals surface area contributed by atoms with E-state index in [2.05, 4.69) is 31.9 Å². The zero-order chi connectivity index (χ0) is 26.6. The van der Waals surface area contributed by atoms with E-state index in [0.29, 0.717) is 29.9 Å². The van der Waals surface area contributed by atoms with Gasteiger partial charge in [-0.2, -0.15) is 5.26 Å². The minimum absolute atomic E-state index is 0.110. The molecule has 7 nitrogen and oxygen atoms in total. The van der Waals surface area contributed by atoms with Crippen LogP contribution in [0.1, 0.15) is 53.7 Å². The van der Waals surface area contributed by atoms with E-state index >= 15 is 0 Å². The summed E-state index contributed by atoms with van der Waals surface area (Å²) in [5, 5.41) is 20.0. The van der Waals surface area contributed by atoms with Crippen molar-refractivity contribution >= 4 is 5.97 Å². The molecule has 0 spiro atoms. The molecule has 2 aromatic carbocycles. The van der Waals surface area contributed by atoms with Crippen molar-refractivity contribution in [2.24, 2.45) is 5.92 Å². The molecule has 0 aliphatic carbocycles. The lowest BCUT2D eigenvalue weighted by molar-refractivity contribution is 0.0388. The van der Waals surface area contributed by atoms with Gasteiger partial charge >= 0.3 is 5.97 Å². The number of aliphatic hydroxyl groups excluding tert-OH is 1. The van der Waals surface area contributed by atoms with Crippen LogP contribution in [0.4, 0.5) is 0 Å². The minimum atomic E-state index is -0.644. The maximum Gasteiger partial charge on any atom is 0.338 e. The zero-order valence-electron chi connectivity index (χ0n) is 22.3. The van der Waals surface area contributed by atoms with Crippen molar-refractivity contribution in [3.05, 3.63) is 64.7 Å². The number of carbonyl (C=O) groups is 1. The summed E-state index contributed by atoms with van der Waals surface area (Å²) in [5.41, 5.74) is 2.59. The van der Waals surface area contributed by atoms with Crippen molar-refractivity contribution in [1.82, 2.24) is 4.90 Å². The first-order chi connectivity index (χ1) is 17.3. The molecule has 0 amide bonds. The van der Waals surface area contributed by atoms with Crippen LogP contribution in [0.5, 0.6) is 5.75 Å². The summed E-state index contributed by atoms with van der Waals surface area (Å²) in [5.74, 6) is 0.398. The van der Waals surface area contributed by atoms with Crippen LogP contribution < -0.4 is 4.74 Å². The third-order valence-electron chi connectivity index (χ3n) is 6.73. The Kier molecular flexibility index (Phi) is 11.9. The quantitative estimate of drug-likeness (QED) is 0.289. The lowest BCUT2D eigenvalue weighted by atomic mass is 9.69. The number of hydrogen-bond donors (Lipinski definition) is 1. The Labute approximate surface area is 215 Å². The van der Waals surface area contributed by atoms with Crippen LogP contribution in [0, 0.1) is 17.2 Å². The van der Waals surface area contributed by atoms with Crippen molar-refractivity contribution in [1.29, 1.82) is 5.26 Å². The van der Waals surface area contributed by atoms with Gasteiger partial charge in [0, 0.05) is 19.2 Å². The maximum atomic E-state index is 12.2. The molecule has 0 heterocycles. The number of carbonyl (C=O) groups excluding carboxylic acids is 1. The number of nitrogens with zero attached hydrogens (tertiary/aromatic N) is 2. The second kappa shape index (κ2) is 14.6. The number of ether oxygens (including phenoxy) is 3. The summed E-state index contributed by atoms with van der Waals surface area (Å²) in [6.45, 7) is 6.30. The number of esters is 1. The topological polar surface area (TPSA) is 92.0 Å². The summed E-state index contributed by atoms with van der Waals surface area (Å²) in [4.78, 5) is 14.4. The predicted octanol–water partition coefficient (Wildman–Crippen LogP) is 4.36. The Bertz CT molecular complexity index is 1020. The third-order valence-corrected chi connectivity index (χ3v) is 6.73. The number of methoxy groups -OCH3 is 2. The van der Waals surface area contributed by atoms with E-state index < -0.39 is 5.41 Å². The highest BCUT2D eigenvalue weighted by Crippen LogP contribution is 2.38. The monoisotopic (exact) mass is 496 g/mol. The molecule has 2 rings (SSSR count). The molecule has 0 aromatic heterocycles. The van der Waals surface area contributed by atoms with E-state index in [1.807, 2.05) is 36.4 Å². The van der Waals surface area contributed by atoms with E-state index in [1.165, 1.54) is 0 Å². The van der Waals surface area contributed by atoms with Crippen LogP contribution in [0.15, 0.2) is 42.5 Å². The van der Waals surface area contributed by atoms with Gasteiger partial charge in [0.2, 0.25) is 0 Å². The van der Waals surface area contributed by atoms with Crippen LogP contribution in [-0.2, 0) is 27.9 Å². The van der Waals surface area contributed by atoms with E-state index in [9.17, 15) is 15.2 Å². The van der Waals surface area contributed by atoms with Crippen molar-refractivity contribution in [3.8, 4) is 11.8 Å². The molecule has 0 bridgehead atoms. The van der Waals surface area contributed by atoms with Crippen molar-refractivity contribution in [2.75, 3.05) is 47.6 Å². The lowest BCUT2D eigenvalue weighted by Gasteiger charge is -2.32. The first-order valence-corrected chi connectivity index (χ1v) is 12.4. The van der Waals surface area contributed by atoms with Crippen LogP contribution in [0.2, 0.25) is 0 Å². The summed E-state index contributed by atoms with van der Waals surface area (Å²) >= 11 is 0. The van der Waals surface area contributed by atoms with Crippen LogP contribution >= 0.6 is 0 Å². The highest BCUT2D eigenvalue weighted by molar-refractivity contribution is 5.89. The molecule has 0 saturated carbocycles. The van der Waals surface area contributed by atoms with Gasteiger partial charge in [-0.15, -0.1) is 0 Å². The summed E-state index contributed by atoms with van der Waals surface area (Å²) in [6, 6.07) is 15.8. The number of likely N-dealkylation sites (N-methyl/N-ethyl adjacent to an activating group) is 1. The number of aliphatic hydroxyl groups is 1. The highest BCUT2D eigenvalue weighted by Gasteiger charge is 2.36. The Balaban J connectivity index is 1.97. The fourth-order valence-corrected chi connectivity index (χ4v) is 4.41. The van der Waals surface area contributed by atoms with Crippen LogP contribution in [0.25, 0.3) is 0 Å². The lowest BCUT2D eigenvalue weighted by Crippen LogP contribution is -2.32. The second-order valence-corrected chi connectivity index (χ2v) is 9.41. The molecule has 0 radical (unpaired) electrons. The molecule has 1 unspecified atom stereocenters. The van der Waals surface area contributed by atoms with Gasteiger partial charge in [0.1, 0.15) is 12.4 Å². The van der Waals surface area contributed by atoms with Crippen molar-refractivity contribution < 1.29 is 24.1 Å². The molecule has 1 N–H and O–H groups in total. The summed E-state index contributed by atoms with van der Waals surface area (Å²) in [6.07, 6.45) is 2.38. The average molecular weight is 497 g/mol. The normalized spacial score (nSPS) is 12.9. The first-order valence-electron chi connectivity index (χ1n) is 12.4. The molecule has 0 fully saturated rings. The smallest absolute Gasteiger partial charge is 0.338 e. The highest BCUT2D eigenvalue weighted by atomic mass is 16.6. The molecular weight excluding hydrogens is 456 g/mol. The Morgan fingerprint density at radius 2 is 1.92 bits per heavy atom. The van der Waals surface area contributed by atoms with E-state index in [4.69, 9.17) is 14.2 Å². The van der Waals surface area contributed by atoms with Gasteiger partial charge in [0.25, 0.3) is 0 Å². The van der Waals surface area contributed by atoms with E-state index in [-0.39, 0.29) is 25.1 Å². The SMILES string of the molecule is COCCOC(=O)c1cccc(CCN(C)CCCC(C#N)(c2ccc(OC)c(CO)c2)C(C)C)c1. The number of rotatable bonds is 15. The van der Waals surface area contributed by atoms with Crippen LogP contribution in [-0.4, -0.2) is 63.5 Å². The molecule has 196 valence electrons. The van der Waals surface area contributed by atoms with Crippen molar-refractivity contribution in [2.45, 2.75) is 45.1 Å². The number of benzene rings is 2. The molecule has 0 aliphatic rings. The van der Waals surface area contributed by atoms with Gasteiger partial charge in [0.05, 0.1) is 37.4 Å². The Morgan fingerprint density at radius 1 is 1.14 bits per heavy atom. The third kappa shape index (κ3) is 7.79. The summed E-state index contributed by atoms with van der Waals surface area (Å²) in [7, 11) is 5.22. The summed E-state index contributed by atoms with van der Waals surface area (Å²) < 4.78 is 15.5. The first kappa shape index (κ1) is 29.3. The Morgan fingerprint density at radius 3 is 2.56 bits per heavy atom. The van der Waals surface area contributed by atoms with Gasteiger partial charge in [-0.1, -0.05) is 32.0 Å². The van der Waals surface area contributed by atoms with Crippen molar-refractivity contribution in [3.63, 3.8) is 0 Å². The van der Waals surface area contributed by atoms with Gasteiger partial charge in [-0.05, 0) is 74.2 Å². The fourth-order valence-electron chi connectivity index (χ4n) is 4.41. The second-order valence-electron chi connectivity index (χ2n) is 9.41. The molecular formula is C29H40N2O5. The molecule has 36 heavy (non-hydrogen) atoms. The Hall–Kier alpha value is -2.92. The fraction of sp³-hybridized carbons (Fsp3) is 0.517. The minimum Gasteiger partial charge on any atom is -0.496 e. The van der Waals surface area contributed by atoms with Crippen LogP contribution in [0.3, 0.4) is 0 Å². The standard InChI is InChI=1S/C29H40N2O5/c1-22(2)29(21-30,26-10-11-27(35-5)25(19-26)20-32)13-7-14-31(3)15-12-23-8-6-9-24(18-23)28(33)36-17-16-34-4/h6,8-11,18-19,22,32H,7,12-17,20H2,1-5H3. The number of nitriles is 1. The molecule has 0 saturated heterocycles. The molecule has 7 heteroatoms. The van der Waals surface area contributed by atoms with Gasteiger partial charge < -0.3 is 24.2 Å². The van der Waals surface area contributed by atoms with Gasteiger partial charge in [0.15, 0.2) is 0 Å². The van der Waals surface area contributed by atoms with E-state index in [0.717, 1.165) is 37.1 Å². The van der Waals surface area contributed by atoms with Gasteiger partial charge in [-0.25, -0.2) is 4.79 Å². The molecule has 1 atom stereocenters. The van der Waals surface area contributed by atoms with E-state index in [1.54, 1.807) is 20.3 Å².